The summed E-state index contributed by atoms with van der Waals surface area (Å²) in [6.07, 6.45) is -3.11. The van der Waals surface area contributed by atoms with Crippen molar-refractivity contribution in [2.75, 3.05) is 74.5 Å². The van der Waals surface area contributed by atoms with Gasteiger partial charge in [0.05, 0.1) is 16.6 Å². The van der Waals surface area contributed by atoms with Crippen LogP contribution in [0.4, 0.5) is 39.5 Å². The number of likely N-dealkylation sites (N-methyl/N-ethyl adjacent to an activating group) is 1. The van der Waals surface area contributed by atoms with Gasteiger partial charge in [-0.05, 0) is 49.0 Å². The highest BCUT2D eigenvalue weighted by atomic mass is 32.1. The molecule has 0 unspecified atom stereocenters. The lowest BCUT2D eigenvalue weighted by Crippen LogP contribution is -2.50. The number of alkyl halides is 3. The SMILES string of the molecule is CN1CCN(c2ccc(-c3cc4c(N5CCN(C(=O)Nc6cc(C(F)(F)F)ccc6F)CC5)ncnc4s3)cc2)CC1. The van der Waals surface area contributed by atoms with Crippen molar-refractivity contribution in [3.63, 3.8) is 0 Å². The Morgan fingerprint density at radius 3 is 2.26 bits per heavy atom. The zero-order chi connectivity index (χ0) is 29.4. The van der Waals surface area contributed by atoms with E-state index in [1.807, 2.05) is 0 Å². The Hall–Kier alpha value is -3.97. The molecule has 2 aromatic heterocycles. The van der Waals surface area contributed by atoms with Crippen molar-refractivity contribution in [3.8, 4) is 10.4 Å². The van der Waals surface area contributed by atoms with Crippen molar-refractivity contribution >= 4 is 44.8 Å². The van der Waals surface area contributed by atoms with Crippen LogP contribution in [-0.2, 0) is 6.18 Å². The molecule has 0 radical (unpaired) electrons. The molecule has 8 nitrogen and oxygen atoms in total. The molecule has 220 valence electrons. The second-order valence-corrected chi connectivity index (χ2v) is 11.5. The van der Waals surface area contributed by atoms with Gasteiger partial charge in [-0.1, -0.05) is 12.1 Å². The summed E-state index contributed by atoms with van der Waals surface area (Å²) >= 11 is 1.59. The number of benzene rings is 2. The van der Waals surface area contributed by atoms with E-state index >= 15 is 0 Å². The van der Waals surface area contributed by atoms with Crippen molar-refractivity contribution in [2.24, 2.45) is 0 Å². The second kappa shape index (κ2) is 11.4. The van der Waals surface area contributed by atoms with Gasteiger partial charge in [0.1, 0.15) is 22.8 Å². The zero-order valence-electron chi connectivity index (χ0n) is 22.9. The van der Waals surface area contributed by atoms with Crippen molar-refractivity contribution < 1.29 is 22.4 Å². The molecule has 2 fully saturated rings. The third-order valence-electron chi connectivity index (χ3n) is 7.73. The van der Waals surface area contributed by atoms with E-state index in [9.17, 15) is 22.4 Å². The van der Waals surface area contributed by atoms with Gasteiger partial charge in [0.25, 0.3) is 0 Å². The Morgan fingerprint density at radius 1 is 0.881 bits per heavy atom. The fourth-order valence-corrected chi connectivity index (χ4v) is 6.25. The van der Waals surface area contributed by atoms with Crippen LogP contribution in [0.1, 0.15) is 5.56 Å². The molecule has 1 N–H and O–H groups in total. The number of urea groups is 1. The molecule has 0 saturated carbocycles. The maximum Gasteiger partial charge on any atom is 0.416 e. The monoisotopic (exact) mass is 599 g/mol. The van der Waals surface area contributed by atoms with Gasteiger partial charge in [-0.3, -0.25) is 0 Å². The molecule has 0 aliphatic carbocycles. The van der Waals surface area contributed by atoms with Gasteiger partial charge in [-0.25, -0.2) is 19.2 Å². The first-order chi connectivity index (χ1) is 20.2. The maximum atomic E-state index is 14.1. The number of piperazine rings is 2. The number of carbonyl (C=O) groups is 1. The topological polar surface area (TPSA) is 67.8 Å². The third-order valence-corrected chi connectivity index (χ3v) is 8.82. The molecule has 42 heavy (non-hydrogen) atoms. The Kier molecular flexibility index (Phi) is 7.62. The minimum Gasteiger partial charge on any atom is -0.369 e. The lowest BCUT2D eigenvalue weighted by atomic mass is 10.1. The maximum absolute atomic E-state index is 14.1. The van der Waals surface area contributed by atoms with E-state index in [2.05, 4.69) is 67.4 Å². The minimum atomic E-state index is -4.64. The van der Waals surface area contributed by atoms with Crippen molar-refractivity contribution in [1.29, 1.82) is 0 Å². The number of hydrogen-bond donors (Lipinski definition) is 1. The van der Waals surface area contributed by atoms with E-state index in [4.69, 9.17) is 0 Å². The Balaban J connectivity index is 1.12. The third kappa shape index (κ3) is 5.84. The van der Waals surface area contributed by atoms with Crippen molar-refractivity contribution in [3.05, 3.63) is 66.2 Å². The van der Waals surface area contributed by atoms with E-state index in [-0.39, 0.29) is 0 Å². The molecule has 2 amide bonds. The quantitative estimate of drug-likeness (QED) is 0.307. The number of rotatable bonds is 4. The van der Waals surface area contributed by atoms with Crippen molar-refractivity contribution in [1.82, 2.24) is 19.8 Å². The molecule has 4 aromatic rings. The fraction of sp³-hybridized carbons (Fsp3) is 0.345. The molecule has 4 heterocycles. The predicted octanol–water partition coefficient (Wildman–Crippen LogP) is 5.62. The average molecular weight is 600 g/mol. The highest BCUT2D eigenvalue weighted by molar-refractivity contribution is 7.21. The summed E-state index contributed by atoms with van der Waals surface area (Å²) in [5, 5.41) is 3.21. The number of amides is 2. The number of hydrogen-bond acceptors (Lipinski definition) is 7. The van der Waals surface area contributed by atoms with Crippen LogP contribution >= 0.6 is 11.3 Å². The first-order valence-electron chi connectivity index (χ1n) is 13.6. The van der Waals surface area contributed by atoms with E-state index in [0.29, 0.717) is 44.4 Å². The molecule has 6 rings (SSSR count). The number of nitrogens with zero attached hydrogens (tertiary/aromatic N) is 6. The number of carbonyl (C=O) groups excluding carboxylic acids is 1. The number of nitrogens with one attached hydrogen (secondary N) is 1. The second-order valence-electron chi connectivity index (χ2n) is 10.5. The molecule has 0 atom stereocenters. The van der Waals surface area contributed by atoms with Gasteiger partial charge >= 0.3 is 12.2 Å². The van der Waals surface area contributed by atoms with Gasteiger partial charge in [-0.15, -0.1) is 11.3 Å². The summed E-state index contributed by atoms with van der Waals surface area (Å²) in [7, 11) is 2.14. The van der Waals surface area contributed by atoms with E-state index in [1.165, 1.54) is 16.9 Å². The van der Waals surface area contributed by atoms with Crippen LogP contribution in [0, 0.1) is 5.82 Å². The van der Waals surface area contributed by atoms with Crippen LogP contribution in [0.25, 0.3) is 20.7 Å². The van der Waals surface area contributed by atoms with Crippen LogP contribution in [0.15, 0.2) is 54.9 Å². The van der Waals surface area contributed by atoms with Crippen LogP contribution < -0.4 is 15.1 Å². The van der Waals surface area contributed by atoms with E-state index < -0.39 is 29.3 Å². The number of anilines is 3. The molecule has 2 aromatic carbocycles. The molecule has 2 aliphatic rings. The molecule has 2 aliphatic heterocycles. The van der Waals surface area contributed by atoms with E-state index in [0.717, 1.165) is 52.7 Å². The number of fused-ring (bicyclic) bond motifs is 1. The van der Waals surface area contributed by atoms with Gasteiger partial charge in [0.15, 0.2) is 0 Å². The molecular weight excluding hydrogens is 570 g/mol. The summed E-state index contributed by atoms with van der Waals surface area (Å²) in [5.74, 6) is -0.166. The smallest absolute Gasteiger partial charge is 0.369 e. The predicted molar refractivity (Wildman–Crippen MR) is 157 cm³/mol. The highest BCUT2D eigenvalue weighted by Crippen LogP contribution is 2.37. The van der Waals surface area contributed by atoms with Gasteiger partial charge < -0.3 is 24.9 Å². The normalized spacial score (nSPS) is 16.7. The van der Waals surface area contributed by atoms with E-state index in [1.54, 1.807) is 11.3 Å². The summed E-state index contributed by atoms with van der Waals surface area (Å²) < 4.78 is 53.2. The summed E-state index contributed by atoms with van der Waals surface area (Å²) in [4.78, 5) is 32.0. The van der Waals surface area contributed by atoms with Crippen LogP contribution in [0.2, 0.25) is 0 Å². The first kappa shape index (κ1) is 28.2. The average Bonchev–Trinajstić information content (AvgIpc) is 3.43. The number of halogens is 4. The summed E-state index contributed by atoms with van der Waals surface area (Å²) in [5.41, 5.74) is 0.784. The zero-order valence-corrected chi connectivity index (χ0v) is 23.7. The first-order valence-corrected chi connectivity index (χ1v) is 14.4. The lowest BCUT2D eigenvalue weighted by molar-refractivity contribution is -0.137. The molecule has 2 saturated heterocycles. The Morgan fingerprint density at radius 2 is 1.57 bits per heavy atom. The summed E-state index contributed by atoms with van der Waals surface area (Å²) in [6.45, 7) is 5.61. The fourth-order valence-electron chi connectivity index (χ4n) is 5.25. The van der Waals surface area contributed by atoms with Gasteiger partial charge in [0.2, 0.25) is 0 Å². The Bertz CT molecular complexity index is 1580. The highest BCUT2D eigenvalue weighted by Gasteiger charge is 2.32. The minimum absolute atomic E-state index is 0.294. The molecule has 0 spiro atoms. The standard InChI is InChI=1S/C29H29F4N7OS/c1-37-8-10-38(11-9-37)21-5-2-19(3-6-21)25-17-22-26(34-18-35-27(22)42-25)39-12-14-40(15-13-39)28(41)36-24-16-20(29(31,32)33)4-7-23(24)30/h2-7,16-18H,8-15H2,1H3,(H,36,41). The van der Waals surface area contributed by atoms with Crippen LogP contribution in [0.5, 0.6) is 0 Å². The lowest BCUT2D eigenvalue weighted by Gasteiger charge is -2.35. The molecule has 13 heteroatoms. The number of aromatic nitrogens is 2. The van der Waals surface area contributed by atoms with Crippen LogP contribution in [0.3, 0.4) is 0 Å². The largest absolute Gasteiger partial charge is 0.416 e. The van der Waals surface area contributed by atoms with Crippen molar-refractivity contribution in [2.45, 2.75) is 6.18 Å². The summed E-state index contributed by atoms with van der Waals surface area (Å²) in [6, 6.07) is 12.0. The number of thiophene rings is 1. The van der Waals surface area contributed by atoms with Crippen LogP contribution in [-0.4, -0.2) is 85.2 Å². The Labute approximate surface area is 244 Å². The van der Waals surface area contributed by atoms with Gasteiger partial charge in [-0.2, -0.15) is 13.2 Å². The molecular formula is C29H29F4N7OS. The molecule has 0 bridgehead atoms. The van der Waals surface area contributed by atoms with Gasteiger partial charge in [0, 0.05) is 62.9 Å².